The Morgan fingerprint density at radius 1 is 1.00 bits per heavy atom. The first-order valence-electron chi connectivity index (χ1n) is 11.3. The molecular formula is C22H29F4N5O2. The molecule has 4 rings (SSSR count). The molecule has 3 N–H and O–H groups in total. The van der Waals surface area contributed by atoms with Gasteiger partial charge in [-0.1, -0.05) is 6.58 Å². The summed E-state index contributed by atoms with van der Waals surface area (Å²) < 4.78 is 55.1. The average molecular weight is 471 g/mol. The van der Waals surface area contributed by atoms with Gasteiger partial charge in [-0.15, -0.1) is 0 Å². The van der Waals surface area contributed by atoms with Gasteiger partial charge in [0.25, 0.3) is 11.8 Å². The van der Waals surface area contributed by atoms with Gasteiger partial charge >= 0.3 is 0 Å². The van der Waals surface area contributed by atoms with E-state index in [1.54, 1.807) is 0 Å². The van der Waals surface area contributed by atoms with Gasteiger partial charge in [0, 0.05) is 56.3 Å². The Labute approximate surface area is 189 Å². The number of carbonyl (C=O) groups is 2. The number of likely N-dealkylation sites (tertiary alicyclic amines) is 1. The Hall–Kier alpha value is -2.59. The summed E-state index contributed by atoms with van der Waals surface area (Å²) in [4.78, 5) is 27.0. The Morgan fingerprint density at radius 2 is 1.58 bits per heavy atom. The number of hydrogen-bond acceptors (Lipinski definition) is 4. The molecule has 3 aliphatic rings. The fourth-order valence-electron chi connectivity index (χ4n) is 4.91. The van der Waals surface area contributed by atoms with Crippen LogP contribution in [0.15, 0.2) is 18.5 Å². The number of nitrogens with two attached hydrogens (primary N) is 1. The van der Waals surface area contributed by atoms with Crippen LogP contribution in [0.3, 0.4) is 0 Å². The normalized spacial score (nSPS) is 27.0. The monoisotopic (exact) mass is 471 g/mol. The van der Waals surface area contributed by atoms with Gasteiger partial charge < -0.3 is 16.0 Å². The third-order valence-electron chi connectivity index (χ3n) is 7.23. The van der Waals surface area contributed by atoms with Crippen molar-refractivity contribution in [3.63, 3.8) is 0 Å². The number of piperidine rings is 1. The van der Waals surface area contributed by atoms with Crippen LogP contribution in [0.4, 0.5) is 23.4 Å². The first-order valence-corrected chi connectivity index (χ1v) is 11.3. The molecule has 1 saturated heterocycles. The Balaban J connectivity index is 1.34. The van der Waals surface area contributed by atoms with Crippen molar-refractivity contribution in [1.82, 2.24) is 20.0 Å². The van der Waals surface area contributed by atoms with Crippen LogP contribution in [-0.2, 0) is 4.79 Å². The number of carbonyl (C=O) groups excluding carboxylic acids is 2. The number of rotatable bonds is 5. The van der Waals surface area contributed by atoms with Crippen LogP contribution in [0.5, 0.6) is 0 Å². The highest BCUT2D eigenvalue weighted by Crippen LogP contribution is 2.41. The first kappa shape index (κ1) is 23.6. The number of nitrogen functional groups attached to an aromatic ring is 1. The van der Waals surface area contributed by atoms with E-state index in [9.17, 15) is 27.2 Å². The predicted molar refractivity (Wildman–Crippen MR) is 113 cm³/mol. The third kappa shape index (κ3) is 4.86. The van der Waals surface area contributed by atoms with Gasteiger partial charge in [-0.3, -0.25) is 9.59 Å². The van der Waals surface area contributed by atoms with Crippen molar-refractivity contribution in [1.29, 1.82) is 0 Å². The predicted octanol–water partition coefficient (Wildman–Crippen LogP) is 3.74. The summed E-state index contributed by atoms with van der Waals surface area (Å²) in [5.41, 5.74) is 6.59. The maximum atomic E-state index is 13.4. The average Bonchev–Trinajstić information content (AvgIpc) is 3.08. The van der Waals surface area contributed by atoms with Crippen molar-refractivity contribution < 1.29 is 27.2 Å². The minimum atomic E-state index is -2.73. The van der Waals surface area contributed by atoms with Crippen molar-refractivity contribution in [2.24, 2.45) is 11.8 Å². The second kappa shape index (κ2) is 8.64. The quantitative estimate of drug-likeness (QED) is 0.640. The van der Waals surface area contributed by atoms with E-state index in [2.05, 4.69) is 17.0 Å². The number of hydrogen-bond donors (Lipinski definition) is 2. The van der Waals surface area contributed by atoms with E-state index in [-0.39, 0.29) is 80.9 Å². The lowest BCUT2D eigenvalue weighted by atomic mass is 9.71. The van der Waals surface area contributed by atoms with Crippen molar-refractivity contribution in [2.75, 3.05) is 18.8 Å². The van der Waals surface area contributed by atoms with Crippen LogP contribution in [-0.4, -0.2) is 51.4 Å². The van der Waals surface area contributed by atoms with Crippen LogP contribution in [0.2, 0.25) is 0 Å². The van der Waals surface area contributed by atoms with Gasteiger partial charge in [0.15, 0.2) is 0 Å². The summed E-state index contributed by atoms with van der Waals surface area (Å²) in [6.07, 6.45) is 1.85. The number of aromatic nitrogens is 2. The molecule has 2 amide bonds. The molecule has 7 nitrogen and oxygen atoms in total. The van der Waals surface area contributed by atoms with E-state index in [0.717, 1.165) is 0 Å². The van der Waals surface area contributed by atoms with E-state index < -0.39 is 23.7 Å². The van der Waals surface area contributed by atoms with E-state index >= 15 is 0 Å². The molecule has 33 heavy (non-hydrogen) atoms. The van der Waals surface area contributed by atoms with Gasteiger partial charge in [0.1, 0.15) is 11.4 Å². The SMILES string of the molecule is C=C(NC(=O)c1cnn(C2CCC(F)(F)CC2)c1N)[C@H]1CC[C@@H]1C(=O)N1CCC(F)(F)CC1. The number of halogens is 4. The summed E-state index contributed by atoms with van der Waals surface area (Å²) in [7, 11) is 0. The zero-order valence-corrected chi connectivity index (χ0v) is 18.3. The van der Waals surface area contributed by atoms with Gasteiger partial charge in [0.2, 0.25) is 11.8 Å². The smallest absolute Gasteiger partial charge is 0.260 e. The van der Waals surface area contributed by atoms with Gasteiger partial charge in [-0.2, -0.15) is 5.10 Å². The molecule has 1 aromatic rings. The van der Waals surface area contributed by atoms with E-state index in [1.165, 1.54) is 15.8 Å². The summed E-state index contributed by atoms with van der Waals surface area (Å²) in [6.45, 7) is 3.96. The van der Waals surface area contributed by atoms with Gasteiger partial charge in [-0.05, 0) is 25.7 Å². The number of alkyl halides is 4. The van der Waals surface area contributed by atoms with Crippen molar-refractivity contribution in [2.45, 2.75) is 69.3 Å². The highest BCUT2D eigenvalue weighted by molar-refractivity contribution is 5.99. The van der Waals surface area contributed by atoms with Crippen LogP contribution >= 0.6 is 0 Å². The zero-order valence-electron chi connectivity index (χ0n) is 18.3. The molecular weight excluding hydrogens is 442 g/mol. The third-order valence-corrected chi connectivity index (χ3v) is 7.23. The summed E-state index contributed by atoms with van der Waals surface area (Å²) in [5.74, 6) is -6.68. The molecule has 3 fully saturated rings. The molecule has 0 radical (unpaired) electrons. The second-order valence-electron chi connectivity index (χ2n) is 9.43. The molecule has 0 bridgehead atoms. The van der Waals surface area contributed by atoms with Crippen molar-refractivity contribution >= 4 is 17.6 Å². The molecule has 2 aliphatic carbocycles. The molecule has 0 aromatic carbocycles. The van der Waals surface area contributed by atoms with Crippen molar-refractivity contribution in [3.05, 3.63) is 24.0 Å². The van der Waals surface area contributed by atoms with Gasteiger partial charge in [0.05, 0.1) is 12.2 Å². The fourth-order valence-corrected chi connectivity index (χ4v) is 4.91. The van der Waals surface area contributed by atoms with Gasteiger partial charge in [-0.25, -0.2) is 22.2 Å². The minimum Gasteiger partial charge on any atom is -0.383 e. The summed E-state index contributed by atoms with van der Waals surface area (Å²) >= 11 is 0. The standard InChI is InChI=1S/C22H29F4N5O2/c1-13(15-2-3-16(15)20(33)30-10-8-22(25,26)9-11-30)29-19(32)17-12-28-31(18(17)27)14-4-6-21(23,24)7-5-14/h12,14-16H,1-11,27H2,(H,29,32)/t15-,16+/m1/s1. The number of amides is 2. The molecule has 11 heteroatoms. The number of allylic oxidation sites excluding steroid dienone is 1. The Kier molecular flexibility index (Phi) is 6.17. The molecule has 182 valence electrons. The zero-order chi connectivity index (χ0) is 24.0. The Morgan fingerprint density at radius 3 is 2.15 bits per heavy atom. The molecule has 0 unspecified atom stereocenters. The minimum absolute atomic E-state index is 0.0245. The number of nitrogens with zero attached hydrogens (tertiary/aromatic N) is 3. The fraction of sp³-hybridized carbons (Fsp3) is 0.682. The maximum Gasteiger partial charge on any atom is 0.260 e. The van der Waals surface area contributed by atoms with Crippen molar-refractivity contribution in [3.8, 4) is 0 Å². The molecule has 0 spiro atoms. The van der Waals surface area contributed by atoms with E-state index in [4.69, 9.17) is 5.73 Å². The molecule has 2 saturated carbocycles. The lowest BCUT2D eigenvalue weighted by Crippen LogP contribution is -2.50. The number of nitrogens with one attached hydrogen (secondary N) is 1. The van der Waals surface area contributed by atoms with Crippen LogP contribution in [0, 0.1) is 11.8 Å². The number of anilines is 1. The van der Waals surface area contributed by atoms with Crippen LogP contribution in [0.25, 0.3) is 0 Å². The largest absolute Gasteiger partial charge is 0.383 e. The van der Waals surface area contributed by atoms with E-state index in [1.807, 2.05) is 0 Å². The lowest BCUT2D eigenvalue weighted by Gasteiger charge is -2.41. The van der Waals surface area contributed by atoms with Crippen LogP contribution in [0.1, 0.15) is 67.8 Å². The molecule has 2 heterocycles. The molecule has 1 aromatic heterocycles. The first-order chi connectivity index (χ1) is 15.5. The topological polar surface area (TPSA) is 93.2 Å². The highest BCUT2D eigenvalue weighted by Gasteiger charge is 2.44. The van der Waals surface area contributed by atoms with E-state index in [0.29, 0.717) is 18.5 Å². The molecule has 2 atom stereocenters. The Bertz CT molecular complexity index is 927. The van der Waals surface area contributed by atoms with Crippen LogP contribution < -0.4 is 11.1 Å². The maximum absolute atomic E-state index is 13.4. The second-order valence-corrected chi connectivity index (χ2v) is 9.43. The lowest BCUT2D eigenvalue weighted by molar-refractivity contribution is -0.146. The summed E-state index contributed by atoms with van der Waals surface area (Å²) in [6, 6.07) is -0.292. The molecule has 1 aliphatic heterocycles. The summed E-state index contributed by atoms with van der Waals surface area (Å²) in [5, 5.41) is 6.84. The highest BCUT2D eigenvalue weighted by atomic mass is 19.3.